The van der Waals surface area contributed by atoms with E-state index in [4.69, 9.17) is 0 Å². The Morgan fingerprint density at radius 1 is 1.00 bits per heavy atom. The Kier molecular flexibility index (Phi) is 5.12. The van der Waals surface area contributed by atoms with E-state index in [0.717, 1.165) is 0 Å². The summed E-state index contributed by atoms with van der Waals surface area (Å²) >= 11 is 0. The van der Waals surface area contributed by atoms with Crippen LogP contribution in [0.1, 0.15) is 34.3 Å². The van der Waals surface area contributed by atoms with Crippen molar-refractivity contribution in [3.8, 4) is 0 Å². The minimum Gasteiger partial charge on any atom is -0.339 e. The van der Waals surface area contributed by atoms with Crippen LogP contribution in [0.4, 0.5) is 26.3 Å². The largest absolute Gasteiger partial charge is 0.416 e. The molecule has 0 aromatic heterocycles. The van der Waals surface area contributed by atoms with E-state index in [2.05, 4.69) is 5.32 Å². The third-order valence-electron chi connectivity index (χ3n) is 4.01. The van der Waals surface area contributed by atoms with Crippen molar-refractivity contribution in [1.29, 1.82) is 0 Å². The summed E-state index contributed by atoms with van der Waals surface area (Å²) in [6.45, 7) is 1.28. The third-order valence-corrected chi connectivity index (χ3v) is 4.01. The summed E-state index contributed by atoms with van der Waals surface area (Å²) < 4.78 is 77.1. The Morgan fingerprint density at radius 3 is 1.88 bits per heavy atom. The quantitative estimate of drug-likeness (QED) is 0.824. The summed E-state index contributed by atoms with van der Waals surface area (Å²) in [7, 11) is 1.39. The second-order valence-electron chi connectivity index (χ2n) is 5.69. The van der Waals surface area contributed by atoms with E-state index in [-0.39, 0.29) is 12.1 Å². The lowest BCUT2D eigenvalue weighted by molar-refractivity contribution is -0.143. The van der Waals surface area contributed by atoms with Gasteiger partial charge in [-0.1, -0.05) is 0 Å². The molecule has 1 saturated heterocycles. The van der Waals surface area contributed by atoms with E-state index >= 15 is 0 Å². The lowest BCUT2D eigenvalue weighted by atomic mass is 10.0. The number of nitrogens with zero attached hydrogens (tertiary/aromatic N) is 1. The molecule has 0 unspecified atom stereocenters. The van der Waals surface area contributed by atoms with Crippen LogP contribution in [0.3, 0.4) is 0 Å². The molecule has 0 bridgehead atoms. The molecule has 1 N–H and O–H groups in total. The molecule has 0 aliphatic carbocycles. The van der Waals surface area contributed by atoms with E-state index in [1.54, 1.807) is 0 Å². The fraction of sp³-hybridized carbons (Fsp3) is 0.533. The number of halogens is 6. The molecule has 134 valence electrons. The van der Waals surface area contributed by atoms with Gasteiger partial charge in [-0.05, 0) is 44.1 Å². The van der Waals surface area contributed by atoms with Gasteiger partial charge in [-0.2, -0.15) is 26.3 Å². The molecule has 1 fully saturated rings. The van der Waals surface area contributed by atoms with Gasteiger partial charge < -0.3 is 10.2 Å². The first-order chi connectivity index (χ1) is 11.0. The van der Waals surface area contributed by atoms with Gasteiger partial charge in [0.2, 0.25) is 0 Å². The number of alkyl halides is 6. The number of amides is 1. The van der Waals surface area contributed by atoms with Crippen LogP contribution in [0.5, 0.6) is 0 Å². The van der Waals surface area contributed by atoms with Crippen molar-refractivity contribution in [1.82, 2.24) is 10.2 Å². The number of hydrogen-bond acceptors (Lipinski definition) is 2. The molecule has 0 spiro atoms. The van der Waals surface area contributed by atoms with Crippen LogP contribution in [0.15, 0.2) is 18.2 Å². The lowest BCUT2D eigenvalue weighted by Crippen LogP contribution is -2.44. The summed E-state index contributed by atoms with van der Waals surface area (Å²) in [6, 6.07) is 0.730. The van der Waals surface area contributed by atoms with Crippen molar-refractivity contribution in [2.24, 2.45) is 0 Å². The highest BCUT2D eigenvalue weighted by Crippen LogP contribution is 2.36. The Balaban J connectivity index is 2.38. The number of nitrogens with one attached hydrogen (secondary N) is 1. The molecule has 1 aliphatic rings. The van der Waals surface area contributed by atoms with Crippen molar-refractivity contribution >= 4 is 5.91 Å². The molecule has 3 nitrogen and oxygen atoms in total. The maximum atomic E-state index is 12.9. The summed E-state index contributed by atoms with van der Waals surface area (Å²) in [4.78, 5) is 13.6. The first-order valence-electron chi connectivity index (χ1n) is 7.27. The highest BCUT2D eigenvalue weighted by Gasteiger charge is 2.38. The monoisotopic (exact) mass is 354 g/mol. The van der Waals surface area contributed by atoms with E-state index in [9.17, 15) is 31.1 Å². The molecule has 1 aromatic rings. The van der Waals surface area contributed by atoms with Crippen molar-refractivity contribution < 1.29 is 31.1 Å². The van der Waals surface area contributed by atoms with Gasteiger partial charge in [0, 0.05) is 18.7 Å². The van der Waals surface area contributed by atoms with Crippen molar-refractivity contribution in [3.63, 3.8) is 0 Å². The third kappa shape index (κ3) is 4.19. The Labute approximate surface area is 134 Å². The van der Waals surface area contributed by atoms with E-state index < -0.39 is 35.0 Å². The van der Waals surface area contributed by atoms with Crippen LogP contribution in [0.2, 0.25) is 0 Å². The second kappa shape index (κ2) is 6.62. The average Bonchev–Trinajstić information content (AvgIpc) is 2.52. The van der Waals surface area contributed by atoms with Gasteiger partial charge in [-0.3, -0.25) is 4.79 Å². The smallest absolute Gasteiger partial charge is 0.339 e. The SMILES string of the molecule is CN(C(=O)c1cc(C(F)(F)F)cc(C(F)(F)F)c1)C1CCNCC1. The molecular formula is C15H16F6N2O. The van der Waals surface area contributed by atoms with Crippen LogP contribution < -0.4 is 5.32 Å². The van der Waals surface area contributed by atoms with Gasteiger partial charge in [0.25, 0.3) is 5.91 Å². The summed E-state index contributed by atoms with van der Waals surface area (Å²) in [5.74, 6) is -0.849. The predicted octanol–water partition coefficient (Wildman–Crippen LogP) is 3.55. The molecule has 1 amide bonds. The van der Waals surface area contributed by atoms with E-state index in [1.165, 1.54) is 11.9 Å². The zero-order valence-electron chi connectivity index (χ0n) is 12.8. The Bertz CT molecular complexity index is 573. The predicted molar refractivity (Wildman–Crippen MR) is 74.4 cm³/mol. The maximum Gasteiger partial charge on any atom is 0.416 e. The van der Waals surface area contributed by atoms with Gasteiger partial charge in [-0.15, -0.1) is 0 Å². The van der Waals surface area contributed by atoms with Crippen molar-refractivity contribution in [2.45, 2.75) is 31.2 Å². The van der Waals surface area contributed by atoms with Gasteiger partial charge in [0.1, 0.15) is 0 Å². The fourth-order valence-corrected chi connectivity index (χ4v) is 2.64. The first kappa shape index (κ1) is 18.6. The maximum absolute atomic E-state index is 12.9. The van der Waals surface area contributed by atoms with Crippen LogP contribution in [-0.2, 0) is 12.4 Å². The average molecular weight is 354 g/mol. The summed E-state index contributed by atoms with van der Waals surface area (Å²) in [5.41, 5.74) is -3.59. The van der Waals surface area contributed by atoms with Gasteiger partial charge in [0.15, 0.2) is 0 Å². The lowest BCUT2D eigenvalue weighted by Gasteiger charge is -2.32. The zero-order chi connectivity index (χ0) is 18.1. The normalized spacial score (nSPS) is 17.0. The Hall–Kier alpha value is -1.77. The van der Waals surface area contributed by atoms with Crippen LogP contribution in [-0.4, -0.2) is 37.0 Å². The minimum absolute atomic E-state index is 0.0152. The van der Waals surface area contributed by atoms with Crippen LogP contribution in [0, 0.1) is 0 Å². The molecule has 0 radical (unpaired) electrons. The molecule has 1 aliphatic heterocycles. The summed E-state index contributed by atoms with van der Waals surface area (Å²) in [5, 5.41) is 3.07. The van der Waals surface area contributed by atoms with E-state index in [1.807, 2.05) is 0 Å². The second-order valence-corrected chi connectivity index (χ2v) is 5.69. The Morgan fingerprint density at radius 2 is 1.46 bits per heavy atom. The summed E-state index contributed by atoms with van der Waals surface area (Å²) in [6.07, 6.45) is -8.76. The molecule has 0 saturated carbocycles. The van der Waals surface area contributed by atoms with E-state index in [0.29, 0.717) is 38.1 Å². The molecular weight excluding hydrogens is 338 g/mol. The minimum atomic E-state index is -4.97. The topological polar surface area (TPSA) is 32.3 Å². The number of carbonyl (C=O) groups excluding carboxylic acids is 1. The molecule has 0 atom stereocenters. The van der Waals surface area contributed by atoms with Crippen molar-refractivity contribution in [3.05, 3.63) is 34.9 Å². The number of benzene rings is 1. The number of carbonyl (C=O) groups is 1. The van der Waals surface area contributed by atoms with Gasteiger partial charge in [0.05, 0.1) is 11.1 Å². The molecule has 1 heterocycles. The molecule has 24 heavy (non-hydrogen) atoms. The fourth-order valence-electron chi connectivity index (χ4n) is 2.64. The number of rotatable bonds is 2. The first-order valence-corrected chi connectivity index (χ1v) is 7.27. The molecule has 1 aromatic carbocycles. The zero-order valence-corrected chi connectivity index (χ0v) is 12.8. The number of hydrogen-bond donors (Lipinski definition) is 1. The van der Waals surface area contributed by atoms with Crippen LogP contribution >= 0.6 is 0 Å². The standard InChI is InChI=1S/C15H16F6N2O/c1-23(12-2-4-22-5-3-12)13(24)9-6-10(14(16,17)18)8-11(7-9)15(19,20)21/h6-8,12,22H,2-5H2,1H3. The van der Waals surface area contributed by atoms with Gasteiger partial charge in [-0.25, -0.2) is 0 Å². The van der Waals surface area contributed by atoms with Crippen LogP contribution in [0.25, 0.3) is 0 Å². The molecule has 2 rings (SSSR count). The number of piperidine rings is 1. The molecule has 9 heteroatoms. The highest BCUT2D eigenvalue weighted by atomic mass is 19.4. The van der Waals surface area contributed by atoms with Gasteiger partial charge >= 0.3 is 12.4 Å². The highest BCUT2D eigenvalue weighted by molar-refractivity contribution is 5.94. The van der Waals surface area contributed by atoms with Crippen molar-refractivity contribution in [2.75, 3.05) is 20.1 Å².